The van der Waals surface area contributed by atoms with E-state index in [0.29, 0.717) is 0 Å². The van der Waals surface area contributed by atoms with Crippen molar-refractivity contribution >= 4 is 64.0 Å². The highest BCUT2D eigenvalue weighted by Crippen LogP contribution is 2.34. The van der Waals surface area contributed by atoms with Gasteiger partial charge in [-0.3, -0.25) is 0 Å². The second kappa shape index (κ2) is 10.5. The SMILES string of the molecule is CC(C)OC(=NC(=O)Nc1ccccc1OC(F)(F)C(Cl)Cl)c1c(Cl)cccc1Cl. The van der Waals surface area contributed by atoms with Gasteiger partial charge in [0, 0.05) is 0 Å². The van der Waals surface area contributed by atoms with E-state index >= 15 is 0 Å². The number of nitrogens with zero attached hydrogens (tertiary/aromatic N) is 1. The summed E-state index contributed by atoms with van der Waals surface area (Å²) in [5.41, 5.74) is 0.127. The smallest absolute Gasteiger partial charge is 0.428 e. The Morgan fingerprint density at radius 1 is 1.07 bits per heavy atom. The van der Waals surface area contributed by atoms with E-state index in [2.05, 4.69) is 15.0 Å². The molecule has 1 N–H and O–H groups in total. The quantitative estimate of drug-likeness (QED) is 0.260. The molecule has 2 aromatic rings. The fraction of sp³-hybridized carbons (Fsp3) is 0.263. The predicted molar refractivity (Wildman–Crippen MR) is 116 cm³/mol. The highest BCUT2D eigenvalue weighted by Gasteiger charge is 2.40. The number of amides is 2. The molecule has 2 aromatic carbocycles. The number of ether oxygens (including phenoxy) is 2. The molecule has 162 valence electrons. The minimum absolute atomic E-state index is 0.0888. The number of benzene rings is 2. The van der Waals surface area contributed by atoms with E-state index in [-0.39, 0.29) is 39.0 Å². The van der Waals surface area contributed by atoms with Crippen LogP contribution in [-0.4, -0.2) is 29.0 Å². The molecular weight excluding hydrogens is 484 g/mol. The van der Waals surface area contributed by atoms with Gasteiger partial charge in [-0.15, -0.1) is 0 Å². The molecular formula is C19H16Cl4F2N2O3. The van der Waals surface area contributed by atoms with Crippen molar-refractivity contribution in [2.45, 2.75) is 30.9 Å². The summed E-state index contributed by atoms with van der Waals surface area (Å²) in [6.07, 6.45) is -4.24. The molecule has 5 nitrogen and oxygen atoms in total. The Bertz CT molecular complexity index is 919. The van der Waals surface area contributed by atoms with Crippen LogP contribution in [0.1, 0.15) is 19.4 Å². The lowest BCUT2D eigenvalue weighted by Gasteiger charge is -2.20. The van der Waals surface area contributed by atoms with Crippen LogP contribution in [0, 0.1) is 0 Å². The highest BCUT2D eigenvalue weighted by molar-refractivity contribution is 6.44. The van der Waals surface area contributed by atoms with Gasteiger partial charge in [0.15, 0.2) is 0 Å². The average Bonchev–Trinajstić information content (AvgIpc) is 2.62. The number of nitrogens with one attached hydrogen (secondary N) is 1. The summed E-state index contributed by atoms with van der Waals surface area (Å²) in [5.74, 6) is -0.497. The van der Waals surface area contributed by atoms with Crippen LogP contribution in [-0.2, 0) is 4.74 Å². The number of carbonyl (C=O) groups excluding carboxylic acids is 1. The van der Waals surface area contributed by atoms with Gasteiger partial charge < -0.3 is 14.8 Å². The monoisotopic (exact) mass is 498 g/mol. The Kier molecular flexibility index (Phi) is 8.55. The summed E-state index contributed by atoms with van der Waals surface area (Å²) in [6, 6.07) is 9.27. The largest absolute Gasteiger partial charge is 0.474 e. The Morgan fingerprint density at radius 2 is 1.67 bits per heavy atom. The molecule has 0 unspecified atom stereocenters. The number of hydrogen-bond donors (Lipinski definition) is 1. The van der Waals surface area contributed by atoms with Crippen molar-refractivity contribution in [2.24, 2.45) is 4.99 Å². The summed E-state index contributed by atoms with van der Waals surface area (Å²) >= 11 is 22.8. The van der Waals surface area contributed by atoms with Crippen molar-refractivity contribution in [3.05, 3.63) is 58.1 Å². The molecule has 0 heterocycles. The van der Waals surface area contributed by atoms with E-state index in [1.54, 1.807) is 32.0 Å². The molecule has 0 radical (unpaired) electrons. The summed E-state index contributed by atoms with van der Waals surface area (Å²) in [6.45, 7) is 3.44. The van der Waals surface area contributed by atoms with Crippen molar-refractivity contribution in [1.29, 1.82) is 0 Å². The molecule has 0 aliphatic carbocycles. The Balaban J connectivity index is 2.35. The third kappa shape index (κ3) is 6.60. The Morgan fingerprint density at radius 3 is 2.23 bits per heavy atom. The zero-order chi connectivity index (χ0) is 22.5. The number of para-hydroxylation sites is 2. The molecule has 0 fully saturated rings. The predicted octanol–water partition coefficient (Wildman–Crippen LogP) is 7.17. The molecule has 11 heteroatoms. The van der Waals surface area contributed by atoms with Gasteiger partial charge in [0.1, 0.15) is 5.75 Å². The van der Waals surface area contributed by atoms with Crippen molar-refractivity contribution in [2.75, 3.05) is 5.32 Å². The Hall–Kier alpha value is -1.80. The molecule has 2 rings (SSSR count). The molecule has 0 bridgehead atoms. The fourth-order valence-corrected chi connectivity index (χ4v) is 2.80. The van der Waals surface area contributed by atoms with Gasteiger partial charge in [0.05, 0.1) is 27.4 Å². The lowest BCUT2D eigenvalue weighted by molar-refractivity contribution is -0.163. The van der Waals surface area contributed by atoms with Gasteiger partial charge in [-0.05, 0) is 38.1 Å². The minimum Gasteiger partial charge on any atom is -0.474 e. The summed E-state index contributed by atoms with van der Waals surface area (Å²) in [5, 5.41) is 2.78. The van der Waals surface area contributed by atoms with E-state index in [0.717, 1.165) is 0 Å². The van der Waals surface area contributed by atoms with Crippen LogP contribution in [0.15, 0.2) is 47.5 Å². The van der Waals surface area contributed by atoms with Crippen molar-refractivity contribution in [3.8, 4) is 5.75 Å². The third-order valence-electron chi connectivity index (χ3n) is 3.36. The van der Waals surface area contributed by atoms with Crippen LogP contribution in [0.4, 0.5) is 19.3 Å². The molecule has 0 atom stereocenters. The molecule has 0 aromatic heterocycles. The number of anilines is 1. The van der Waals surface area contributed by atoms with Crippen molar-refractivity contribution in [3.63, 3.8) is 0 Å². The summed E-state index contributed by atoms with van der Waals surface area (Å²) in [4.78, 5) is 14.2. The maximum absolute atomic E-state index is 13.7. The second-order valence-corrected chi connectivity index (χ2v) is 7.98. The van der Waals surface area contributed by atoms with Crippen LogP contribution < -0.4 is 10.1 Å². The van der Waals surface area contributed by atoms with Gasteiger partial charge in [-0.1, -0.05) is 64.6 Å². The first-order valence-corrected chi connectivity index (χ1v) is 10.1. The molecule has 0 saturated heterocycles. The second-order valence-electron chi connectivity index (χ2n) is 6.07. The lowest BCUT2D eigenvalue weighted by Crippen LogP contribution is -2.32. The van der Waals surface area contributed by atoms with Crippen molar-refractivity contribution < 1.29 is 23.0 Å². The lowest BCUT2D eigenvalue weighted by atomic mass is 10.2. The number of aliphatic imine (C=N–C) groups is 1. The van der Waals surface area contributed by atoms with Gasteiger partial charge in [-0.25, -0.2) is 4.79 Å². The van der Waals surface area contributed by atoms with Gasteiger partial charge >= 0.3 is 12.1 Å². The van der Waals surface area contributed by atoms with E-state index in [4.69, 9.17) is 51.1 Å². The number of rotatable bonds is 6. The van der Waals surface area contributed by atoms with Crippen LogP contribution in [0.5, 0.6) is 5.75 Å². The molecule has 0 aliphatic heterocycles. The van der Waals surface area contributed by atoms with Crippen LogP contribution in [0.2, 0.25) is 10.0 Å². The maximum Gasteiger partial charge on any atom is 0.428 e. The minimum atomic E-state index is -3.88. The van der Waals surface area contributed by atoms with Crippen LogP contribution in [0.25, 0.3) is 0 Å². The summed E-state index contributed by atoms with van der Waals surface area (Å²) < 4.78 is 37.6. The topological polar surface area (TPSA) is 59.9 Å². The highest BCUT2D eigenvalue weighted by atomic mass is 35.5. The van der Waals surface area contributed by atoms with Gasteiger partial charge in [-0.2, -0.15) is 13.8 Å². The van der Waals surface area contributed by atoms with Gasteiger partial charge in [0.2, 0.25) is 10.7 Å². The molecule has 0 aliphatic rings. The van der Waals surface area contributed by atoms with Crippen LogP contribution >= 0.6 is 46.4 Å². The standard InChI is InChI=1S/C19H16Cl4F2N2O3/c1-10(2)29-16(15-11(20)6-5-7-12(15)21)27-18(28)26-13-8-3-4-9-14(13)30-19(24,25)17(22)23/h3-10,17H,1-2H3,(H,26,28). The van der Waals surface area contributed by atoms with Crippen LogP contribution in [0.3, 0.4) is 0 Å². The third-order valence-corrected chi connectivity index (χ3v) is 4.49. The number of carbonyl (C=O) groups is 1. The normalized spacial score (nSPS) is 12.3. The van der Waals surface area contributed by atoms with E-state index in [1.807, 2.05) is 0 Å². The zero-order valence-corrected chi connectivity index (χ0v) is 18.7. The Labute approximate surface area is 191 Å². The fourth-order valence-electron chi connectivity index (χ4n) is 2.15. The van der Waals surface area contributed by atoms with E-state index < -0.39 is 17.0 Å². The number of hydrogen-bond acceptors (Lipinski definition) is 3. The zero-order valence-electron chi connectivity index (χ0n) is 15.6. The average molecular weight is 500 g/mol. The van der Waals surface area contributed by atoms with E-state index in [9.17, 15) is 13.6 Å². The number of alkyl halides is 4. The first-order valence-electron chi connectivity index (χ1n) is 8.46. The first kappa shape index (κ1) is 24.5. The van der Waals surface area contributed by atoms with Gasteiger partial charge in [0.25, 0.3) is 0 Å². The molecule has 0 spiro atoms. The van der Waals surface area contributed by atoms with E-state index in [1.165, 1.54) is 24.3 Å². The molecule has 0 saturated carbocycles. The molecule has 2 amide bonds. The molecule has 30 heavy (non-hydrogen) atoms. The number of urea groups is 1. The number of halogens is 6. The maximum atomic E-state index is 13.7. The summed E-state index contributed by atoms with van der Waals surface area (Å²) in [7, 11) is 0. The van der Waals surface area contributed by atoms with Crippen molar-refractivity contribution in [1.82, 2.24) is 0 Å². The first-order chi connectivity index (χ1) is 14.0.